The molecule has 0 spiro atoms. The second kappa shape index (κ2) is 7.88. The molecule has 1 amide bonds. The van der Waals surface area contributed by atoms with Crippen LogP contribution in [0.25, 0.3) is 0 Å². The van der Waals surface area contributed by atoms with Crippen molar-refractivity contribution < 1.29 is 19.1 Å². The second-order valence-corrected chi connectivity index (χ2v) is 6.56. The van der Waals surface area contributed by atoms with Crippen molar-refractivity contribution in [2.45, 2.75) is 27.2 Å². The molecule has 2 aromatic rings. The summed E-state index contributed by atoms with van der Waals surface area (Å²) in [7, 11) is 0. The average Bonchev–Trinajstić information content (AvgIpc) is 2.94. The maximum absolute atomic E-state index is 12.0. The maximum Gasteiger partial charge on any atom is 0.348 e. The van der Waals surface area contributed by atoms with Crippen molar-refractivity contribution in [1.82, 2.24) is 0 Å². The Labute approximate surface area is 144 Å². The van der Waals surface area contributed by atoms with Crippen LogP contribution in [-0.4, -0.2) is 24.3 Å². The number of amides is 1. The van der Waals surface area contributed by atoms with Crippen molar-refractivity contribution in [1.29, 1.82) is 0 Å². The zero-order chi connectivity index (χ0) is 17.7. The molecule has 2 rings (SSSR count). The number of aryl methyl sites for hydroxylation is 2. The highest BCUT2D eigenvalue weighted by atomic mass is 32.1. The smallest absolute Gasteiger partial charge is 0.348 e. The lowest BCUT2D eigenvalue weighted by molar-refractivity contribution is -0.119. The first-order chi connectivity index (χ1) is 11.4. The number of hydrogen-bond donors (Lipinski definition) is 1. The van der Waals surface area contributed by atoms with E-state index in [2.05, 4.69) is 5.32 Å². The van der Waals surface area contributed by atoms with Crippen LogP contribution in [0.15, 0.2) is 30.3 Å². The highest BCUT2D eigenvalue weighted by Gasteiger charge is 2.15. The van der Waals surface area contributed by atoms with E-state index in [1.165, 1.54) is 18.3 Å². The molecule has 1 aromatic heterocycles. The molecule has 6 heteroatoms. The Morgan fingerprint density at radius 1 is 1.21 bits per heavy atom. The monoisotopic (exact) mass is 345 g/mol. The first kappa shape index (κ1) is 17.9. The minimum Gasteiger partial charge on any atom is -0.451 e. The van der Waals surface area contributed by atoms with Crippen LogP contribution in [-0.2, 0) is 16.0 Å². The van der Waals surface area contributed by atoms with Gasteiger partial charge in [0.25, 0.3) is 5.91 Å². The molecule has 1 aromatic carbocycles. The van der Waals surface area contributed by atoms with Crippen LogP contribution in [0.5, 0.6) is 0 Å². The van der Waals surface area contributed by atoms with Crippen molar-refractivity contribution in [2.75, 3.05) is 11.9 Å². The quantitative estimate of drug-likeness (QED) is 0.641. The Kier molecular flexibility index (Phi) is 5.87. The van der Waals surface area contributed by atoms with E-state index in [-0.39, 0.29) is 12.4 Å². The normalized spacial score (nSPS) is 10.3. The van der Waals surface area contributed by atoms with Gasteiger partial charge in [0.05, 0.1) is 0 Å². The fourth-order valence-corrected chi connectivity index (χ4v) is 3.19. The molecule has 0 atom stereocenters. The molecule has 0 unspecified atom stereocenters. The predicted octanol–water partition coefficient (Wildman–Crippen LogP) is 3.62. The van der Waals surface area contributed by atoms with Crippen molar-refractivity contribution in [3.05, 3.63) is 51.2 Å². The van der Waals surface area contributed by atoms with Crippen LogP contribution < -0.4 is 5.32 Å². The lowest BCUT2D eigenvalue weighted by atomic mass is 10.1. The first-order valence-corrected chi connectivity index (χ1v) is 8.39. The number of ketones is 1. The summed E-state index contributed by atoms with van der Waals surface area (Å²) in [5.41, 5.74) is 2.10. The van der Waals surface area contributed by atoms with Gasteiger partial charge in [0, 0.05) is 16.1 Å². The molecule has 5 nitrogen and oxygen atoms in total. The number of nitrogens with one attached hydrogen (secondary N) is 1. The van der Waals surface area contributed by atoms with Crippen molar-refractivity contribution in [3.8, 4) is 0 Å². The summed E-state index contributed by atoms with van der Waals surface area (Å²) in [5.74, 6) is -1.04. The van der Waals surface area contributed by atoms with E-state index in [4.69, 9.17) is 4.74 Å². The number of esters is 1. The maximum atomic E-state index is 12.0. The third-order valence-corrected chi connectivity index (χ3v) is 4.56. The first-order valence-electron chi connectivity index (χ1n) is 7.58. The summed E-state index contributed by atoms with van der Waals surface area (Å²) >= 11 is 1.36. The van der Waals surface area contributed by atoms with E-state index in [1.54, 1.807) is 30.3 Å². The number of hydrogen-bond acceptors (Lipinski definition) is 5. The number of ether oxygens (including phenoxy) is 1. The highest BCUT2D eigenvalue weighted by molar-refractivity contribution is 7.14. The largest absolute Gasteiger partial charge is 0.451 e. The Balaban J connectivity index is 1.91. The van der Waals surface area contributed by atoms with E-state index in [9.17, 15) is 14.4 Å². The van der Waals surface area contributed by atoms with Gasteiger partial charge in [-0.3, -0.25) is 9.59 Å². The van der Waals surface area contributed by atoms with Gasteiger partial charge < -0.3 is 10.1 Å². The molecular formula is C18H19NO4S. The molecule has 1 heterocycles. The number of anilines is 1. The second-order valence-electron chi connectivity index (χ2n) is 5.31. The molecule has 126 valence electrons. The lowest BCUT2D eigenvalue weighted by Gasteiger charge is -2.07. The van der Waals surface area contributed by atoms with Gasteiger partial charge in [-0.15, -0.1) is 11.3 Å². The van der Waals surface area contributed by atoms with E-state index in [0.29, 0.717) is 16.1 Å². The minimum absolute atomic E-state index is 0.0858. The third kappa shape index (κ3) is 4.52. The number of Topliss-reactive ketones (excluding diaryl/α,β-unsaturated/α-hetero) is 1. The molecule has 0 aliphatic heterocycles. The standard InChI is InChI=1S/C18H19NO4S/c1-4-13-9-16(24-12(13)3)18(22)23-10-17(21)19-15-7-5-6-14(8-15)11(2)20/h5-9H,4,10H2,1-3H3,(H,19,21). The van der Waals surface area contributed by atoms with Crippen LogP contribution in [0.4, 0.5) is 5.69 Å². The predicted molar refractivity (Wildman–Crippen MR) is 93.8 cm³/mol. The number of thiophene rings is 1. The Morgan fingerprint density at radius 2 is 1.96 bits per heavy atom. The van der Waals surface area contributed by atoms with E-state index >= 15 is 0 Å². The Morgan fingerprint density at radius 3 is 2.58 bits per heavy atom. The van der Waals surface area contributed by atoms with Gasteiger partial charge in [-0.2, -0.15) is 0 Å². The fraction of sp³-hybridized carbons (Fsp3) is 0.278. The van der Waals surface area contributed by atoms with Crippen LogP contribution in [0, 0.1) is 6.92 Å². The zero-order valence-corrected chi connectivity index (χ0v) is 14.7. The van der Waals surface area contributed by atoms with E-state index in [0.717, 1.165) is 16.9 Å². The number of rotatable bonds is 6. The summed E-state index contributed by atoms with van der Waals surface area (Å²) in [5, 5.41) is 2.61. The third-order valence-electron chi connectivity index (χ3n) is 3.49. The van der Waals surface area contributed by atoms with Crippen molar-refractivity contribution in [2.24, 2.45) is 0 Å². The summed E-state index contributed by atoms with van der Waals surface area (Å²) in [4.78, 5) is 36.8. The molecule has 0 radical (unpaired) electrons. The van der Waals surface area contributed by atoms with Crippen LogP contribution >= 0.6 is 11.3 Å². The molecule has 0 bridgehead atoms. The Hall–Kier alpha value is -2.47. The van der Waals surface area contributed by atoms with Gasteiger partial charge in [0.15, 0.2) is 12.4 Å². The van der Waals surface area contributed by atoms with Crippen molar-refractivity contribution >= 4 is 34.7 Å². The summed E-state index contributed by atoms with van der Waals surface area (Å²) in [6.45, 7) is 5.06. The molecule has 1 N–H and O–H groups in total. The molecule has 0 saturated carbocycles. The SMILES string of the molecule is CCc1cc(C(=O)OCC(=O)Nc2cccc(C(C)=O)c2)sc1C. The van der Waals surface area contributed by atoms with Crippen molar-refractivity contribution in [3.63, 3.8) is 0 Å². The van der Waals surface area contributed by atoms with Crippen LogP contribution in [0.1, 0.15) is 44.3 Å². The van der Waals surface area contributed by atoms with Crippen LogP contribution in [0.3, 0.4) is 0 Å². The molecule has 0 saturated heterocycles. The van der Waals surface area contributed by atoms with Gasteiger partial charge in [-0.1, -0.05) is 19.1 Å². The summed E-state index contributed by atoms with van der Waals surface area (Å²) in [6, 6.07) is 8.40. The molecular weight excluding hydrogens is 326 g/mol. The van der Waals surface area contributed by atoms with Crippen LogP contribution in [0.2, 0.25) is 0 Å². The van der Waals surface area contributed by atoms with Gasteiger partial charge in [0.2, 0.25) is 0 Å². The zero-order valence-electron chi connectivity index (χ0n) is 13.8. The minimum atomic E-state index is -0.504. The summed E-state index contributed by atoms with van der Waals surface area (Å²) in [6.07, 6.45) is 0.850. The van der Waals surface area contributed by atoms with Gasteiger partial charge in [-0.25, -0.2) is 4.79 Å². The molecule has 0 aliphatic carbocycles. The highest BCUT2D eigenvalue weighted by Crippen LogP contribution is 2.22. The molecule has 0 aliphatic rings. The summed E-state index contributed by atoms with van der Waals surface area (Å²) < 4.78 is 5.05. The number of carbonyl (C=O) groups excluding carboxylic acids is 3. The lowest BCUT2D eigenvalue weighted by Crippen LogP contribution is -2.20. The van der Waals surface area contributed by atoms with Gasteiger partial charge in [0.1, 0.15) is 4.88 Å². The number of carbonyl (C=O) groups is 3. The molecule has 0 fully saturated rings. The Bertz CT molecular complexity index is 779. The number of benzene rings is 1. The average molecular weight is 345 g/mol. The van der Waals surface area contributed by atoms with E-state index in [1.807, 2.05) is 13.8 Å². The fourth-order valence-electron chi connectivity index (χ4n) is 2.19. The van der Waals surface area contributed by atoms with Gasteiger partial charge >= 0.3 is 5.97 Å². The molecule has 24 heavy (non-hydrogen) atoms. The topological polar surface area (TPSA) is 72.5 Å². The van der Waals surface area contributed by atoms with E-state index < -0.39 is 11.9 Å². The van der Waals surface area contributed by atoms with Gasteiger partial charge in [-0.05, 0) is 44.0 Å².